The van der Waals surface area contributed by atoms with E-state index in [0.29, 0.717) is 10.9 Å². The van der Waals surface area contributed by atoms with Crippen LogP contribution in [0.25, 0.3) is 27.7 Å². The van der Waals surface area contributed by atoms with E-state index in [1.54, 1.807) is 36.1 Å². The number of aryl methyl sites for hydroxylation is 1. The number of aromatic nitrogens is 4. The van der Waals surface area contributed by atoms with Crippen LogP contribution in [0.2, 0.25) is 5.02 Å². The zero-order valence-electron chi connectivity index (χ0n) is 15.7. The molecule has 2 aromatic carbocycles. The van der Waals surface area contributed by atoms with Gasteiger partial charge in [-0.25, -0.2) is 0 Å². The van der Waals surface area contributed by atoms with Gasteiger partial charge in [-0.2, -0.15) is 13.9 Å². The zero-order valence-corrected chi connectivity index (χ0v) is 16.5. The van der Waals surface area contributed by atoms with E-state index in [2.05, 4.69) is 14.9 Å². The summed E-state index contributed by atoms with van der Waals surface area (Å²) in [6.07, 6.45) is 1.72. The van der Waals surface area contributed by atoms with Crippen LogP contribution in [-0.4, -0.2) is 31.1 Å². The molecule has 9 nitrogen and oxygen atoms in total. The quantitative estimate of drug-likeness (QED) is 0.339. The van der Waals surface area contributed by atoms with E-state index in [0.717, 1.165) is 4.68 Å². The first-order valence-electron chi connectivity index (χ1n) is 8.71. The second-order valence-corrected chi connectivity index (χ2v) is 6.81. The SMILES string of the molecule is Cn1cc2cc(-n3nc([N+](=O)[O-])c(Cl)c(-c4ccc(OC(F)F)cc4)c3=O)ccc2n1. The van der Waals surface area contributed by atoms with Crippen molar-refractivity contribution in [1.82, 2.24) is 19.6 Å². The maximum atomic E-state index is 13.2. The second-order valence-electron chi connectivity index (χ2n) is 6.44. The van der Waals surface area contributed by atoms with Gasteiger partial charge in [0.1, 0.15) is 5.75 Å². The third-order valence-electron chi connectivity index (χ3n) is 4.40. The Kier molecular flexibility index (Phi) is 5.11. The van der Waals surface area contributed by atoms with E-state index in [4.69, 9.17) is 11.6 Å². The van der Waals surface area contributed by atoms with Crippen LogP contribution in [0.3, 0.4) is 0 Å². The topological polar surface area (TPSA) is 105 Å². The smallest absolute Gasteiger partial charge is 0.408 e. The normalized spacial score (nSPS) is 11.3. The molecule has 0 spiro atoms. The summed E-state index contributed by atoms with van der Waals surface area (Å²) in [4.78, 5) is 23.9. The number of nitro groups is 1. The minimum absolute atomic E-state index is 0.138. The monoisotopic (exact) mass is 447 g/mol. The van der Waals surface area contributed by atoms with Gasteiger partial charge in [-0.15, -0.1) is 4.68 Å². The molecular weight excluding hydrogens is 436 g/mol. The number of halogens is 3. The number of alkyl halides is 2. The van der Waals surface area contributed by atoms with Crippen molar-refractivity contribution < 1.29 is 18.4 Å². The van der Waals surface area contributed by atoms with E-state index in [1.165, 1.54) is 24.3 Å². The van der Waals surface area contributed by atoms with Crippen molar-refractivity contribution in [2.45, 2.75) is 6.61 Å². The van der Waals surface area contributed by atoms with Gasteiger partial charge in [-0.05, 0) is 40.8 Å². The molecule has 0 unspecified atom stereocenters. The van der Waals surface area contributed by atoms with E-state index in [1.807, 2.05) is 0 Å². The average Bonchev–Trinajstić information content (AvgIpc) is 3.08. The number of fused-ring (bicyclic) bond motifs is 1. The molecule has 2 aromatic heterocycles. The molecule has 0 radical (unpaired) electrons. The summed E-state index contributed by atoms with van der Waals surface area (Å²) in [7, 11) is 1.73. The fourth-order valence-corrected chi connectivity index (χ4v) is 3.41. The molecule has 0 fully saturated rings. The Morgan fingerprint density at radius 3 is 2.52 bits per heavy atom. The lowest BCUT2D eigenvalue weighted by Crippen LogP contribution is -2.24. The van der Waals surface area contributed by atoms with Crippen LogP contribution in [0.4, 0.5) is 14.6 Å². The number of hydrogen-bond donors (Lipinski definition) is 0. The maximum absolute atomic E-state index is 13.2. The molecule has 0 atom stereocenters. The highest BCUT2D eigenvalue weighted by atomic mass is 35.5. The summed E-state index contributed by atoms with van der Waals surface area (Å²) in [6.45, 7) is -3.02. The van der Waals surface area contributed by atoms with E-state index >= 15 is 0 Å². The van der Waals surface area contributed by atoms with Gasteiger partial charge in [-0.3, -0.25) is 9.48 Å². The van der Waals surface area contributed by atoms with Crippen molar-refractivity contribution >= 4 is 28.3 Å². The summed E-state index contributed by atoms with van der Waals surface area (Å²) in [5.74, 6) is -0.865. The molecule has 0 aliphatic heterocycles. The Morgan fingerprint density at radius 1 is 1.16 bits per heavy atom. The standard InChI is InChI=1S/C19H12ClF2N5O4/c1-25-9-11-8-12(4-7-14(11)23-25)26-18(28)15(16(20)17(24-26)27(29)30)10-2-5-13(6-3-10)31-19(21)22/h2-9,19H,1H3. The highest BCUT2D eigenvalue weighted by Gasteiger charge is 2.27. The molecule has 0 aliphatic carbocycles. The zero-order chi connectivity index (χ0) is 22.3. The van der Waals surface area contributed by atoms with E-state index in [-0.39, 0.29) is 22.6 Å². The maximum Gasteiger partial charge on any atom is 0.408 e. The average molecular weight is 448 g/mol. The predicted molar refractivity (Wildman–Crippen MR) is 108 cm³/mol. The molecule has 4 aromatic rings. The Morgan fingerprint density at radius 2 is 1.87 bits per heavy atom. The van der Waals surface area contributed by atoms with Crippen LogP contribution < -0.4 is 10.3 Å². The molecule has 0 aliphatic rings. The summed E-state index contributed by atoms with van der Waals surface area (Å²) >= 11 is 6.14. The largest absolute Gasteiger partial charge is 0.435 e. The highest BCUT2D eigenvalue weighted by molar-refractivity contribution is 6.35. The van der Waals surface area contributed by atoms with Gasteiger partial charge in [-0.1, -0.05) is 23.7 Å². The molecule has 4 rings (SSSR count). The molecule has 158 valence electrons. The number of rotatable bonds is 5. The highest BCUT2D eigenvalue weighted by Crippen LogP contribution is 2.32. The predicted octanol–water partition coefficient (Wildman–Crippen LogP) is 3.95. The molecule has 0 amide bonds. The molecule has 0 N–H and O–H groups in total. The molecule has 12 heteroatoms. The van der Waals surface area contributed by atoms with Gasteiger partial charge >= 0.3 is 12.4 Å². The van der Waals surface area contributed by atoms with Crippen molar-refractivity contribution in [2.75, 3.05) is 0 Å². The van der Waals surface area contributed by atoms with Crippen molar-refractivity contribution in [3.05, 3.63) is 74.2 Å². The Labute approximate surface area is 177 Å². The Bertz CT molecular complexity index is 1370. The lowest BCUT2D eigenvalue weighted by Gasteiger charge is -2.09. The number of ether oxygens (including phenoxy) is 1. The van der Waals surface area contributed by atoms with Gasteiger partial charge < -0.3 is 14.9 Å². The first-order chi connectivity index (χ1) is 14.7. The fourth-order valence-electron chi connectivity index (χ4n) is 3.11. The summed E-state index contributed by atoms with van der Waals surface area (Å²) in [6, 6.07) is 9.82. The minimum atomic E-state index is -3.02. The Hall–Kier alpha value is -3.86. The van der Waals surface area contributed by atoms with Gasteiger partial charge in [0, 0.05) is 18.6 Å². The molecule has 0 saturated carbocycles. The van der Waals surface area contributed by atoms with Crippen LogP contribution in [-0.2, 0) is 7.05 Å². The molecule has 2 heterocycles. The minimum Gasteiger partial charge on any atom is -0.435 e. The van der Waals surface area contributed by atoms with Crippen LogP contribution >= 0.6 is 11.6 Å². The summed E-state index contributed by atoms with van der Waals surface area (Å²) in [5, 5.41) is 19.8. The first-order valence-corrected chi connectivity index (χ1v) is 9.08. The molecular formula is C19H12ClF2N5O4. The van der Waals surface area contributed by atoms with E-state index < -0.39 is 27.9 Å². The van der Waals surface area contributed by atoms with Gasteiger partial charge in [0.2, 0.25) is 0 Å². The van der Waals surface area contributed by atoms with Crippen molar-refractivity contribution in [3.8, 4) is 22.6 Å². The lowest BCUT2D eigenvalue weighted by atomic mass is 10.1. The van der Waals surface area contributed by atoms with Crippen LogP contribution in [0, 0.1) is 10.1 Å². The Balaban J connectivity index is 1.92. The molecule has 31 heavy (non-hydrogen) atoms. The van der Waals surface area contributed by atoms with Crippen LogP contribution in [0.15, 0.2) is 53.5 Å². The van der Waals surface area contributed by atoms with Crippen molar-refractivity contribution in [2.24, 2.45) is 7.05 Å². The lowest BCUT2D eigenvalue weighted by molar-refractivity contribution is -0.390. The number of nitrogens with zero attached hydrogens (tertiary/aromatic N) is 5. The van der Waals surface area contributed by atoms with Crippen LogP contribution in [0.1, 0.15) is 0 Å². The first kappa shape index (κ1) is 20.4. The number of hydrogen-bond acceptors (Lipinski definition) is 6. The second kappa shape index (κ2) is 7.76. The van der Waals surface area contributed by atoms with Gasteiger partial charge in [0.15, 0.2) is 5.02 Å². The number of benzene rings is 2. The summed E-state index contributed by atoms with van der Waals surface area (Å²) in [5.41, 5.74) is 0.194. The van der Waals surface area contributed by atoms with Crippen molar-refractivity contribution in [3.63, 3.8) is 0 Å². The summed E-state index contributed by atoms with van der Waals surface area (Å²) < 4.78 is 31.5. The van der Waals surface area contributed by atoms with Crippen LogP contribution in [0.5, 0.6) is 5.75 Å². The van der Waals surface area contributed by atoms with Crippen molar-refractivity contribution in [1.29, 1.82) is 0 Å². The third kappa shape index (κ3) is 3.82. The fraction of sp³-hybridized carbons (Fsp3) is 0.105. The molecule has 0 saturated heterocycles. The van der Waals surface area contributed by atoms with Gasteiger partial charge in [0.05, 0.1) is 21.9 Å². The van der Waals surface area contributed by atoms with E-state index in [9.17, 15) is 23.7 Å². The molecule has 0 bridgehead atoms. The van der Waals surface area contributed by atoms with Gasteiger partial charge in [0.25, 0.3) is 5.56 Å². The third-order valence-corrected chi connectivity index (χ3v) is 4.76.